The fourth-order valence-electron chi connectivity index (χ4n) is 2.31. The third-order valence-electron chi connectivity index (χ3n) is 3.81. The smallest absolute Gasteiger partial charge is 0.332 e. The van der Waals surface area contributed by atoms with Gasteiger partial charge >= 0.3 is 6.03 Å². The lowest BCUT2D eigenvalue weighted by atomic mass is 9.87. The molecule has 0 radical (unpaired) electrons. The van der Waals surface area contributed by atoms with E-state index in [9.17, 15) is 4.79 Å². The number of primary amides is 1. The summed E-state index contributed by atoms with van der Waals surface area (Å²) in [6, 6.07) is 14.9. The zero-order chi connectivity index (χ0) is 19.7. The minimum Gasteiger partial charge on any atom is -0.493 e. The number of nitrogens with two attached hydrogens (primary N) is 1. The summed E-state index contributed by atoms with van der Waals surface area (Å²) in [7, 11) is 0. The fraction of sp³-hybridized carbons (Fsp3) is 0.333. The van der Waals surface area contributed by atoms with Crippen molar-refractivity contribution in [3.05, 3.63) is 59.7 Å². The number of hydrogen-bond donors (Lipinski definition) is 2. The molecule has 2 rings (SSSR count). The van der Waals surface area contributed by atoms with E-state index in [4.69, 9.17) is 15.2 Å². The van der Waals surface area contributed by atoms with Gasteiger partial charge in [0.05, 0.1) is 19.4 Å². The van der Waals surface area contributed by atoms with Gasteiger partial charge in [0.1, 0.15) is 11.5 Å². The normalized spacial score (nSPS) is 11.4. The van der Waals surface area contributed by atoms with Crippen molar-refractivity contribution in [1.82, 2.24) is 5.43 Å². The number of hydrazone groups is 1. The molecule has 0 aromatic heterocycles. The van der Waals surface area contributed by atoms with Crippen molar-refractivity contribution in [2.24, 2.45) is 10.8 Å². The molecule has 0 unspecified atom stereocenters. The first-order chi connectivity index (χ1) is 12.8. The van der Waals surface area contributed by atoms with Gasteiger partial charge in [0.25, 0.3) is 0 Å². The van der Waals surface area contributed by atoms with E-state index in [1.807, 2.05) is 36.4 Å². The van der Waals surface area contributed by atoms with Gasteiger partial charge in [-0.15, -0.1) is 0 Å². The van der Waals surface area contributed by atoms with E-state index < -0.39 is 6.03 Å². The second-order valence-electron chi connectivity index (χ2n) is 7.13. The predicted octanol–water partition coefficient (Wildman–Crippen LogP) is 3.83. The topological polar surface area (TPSA) is 85.9 Å². The number of carbonyl (C=O) groups is 1. The summed E-state index contributed by atoms with van der Waals surface area (Å²) in [5.41, 5.74) is 9.34. The van der Waals surface area contributed by atoms with Gasteiger partial charge in [-0.05, 0) is 52.9 Å². The Labute approximate surface area is 160 Å². The first-order valence-electron chi connectivity index (χ1n) is 8.89. The van der Waals surface area contributed by atoms with Gasteiger partial charge in [0, 0.05) is 6.42 Å². The van der Waals surface area contributed by atoms with Gasteiger partial charge < -0.3 is 15.2 Å². The molecule has 0 aliphatic rings. The van der Waals surface area contributed by atoms with Crippen molar-refractivity contribution in [2.75, 3.05) is 13.2 Å². The molecule has 2 aromatic rings. The molecule has 6 heteroatoms. The molecule has 0 aliphatic heterocycles. The van der Waals surface area contributed by atoms with E-state index in [1.54, 1.807) is 0 Å². The van der Waals surface area contributed by atoms with Crippen LogP contribution < -0.4 is 20.6 Å². The Hall–Kier alpha value is -3.02. The molecular weight excluding hydrogens is 342 g/mol. The van der Waals surface area contributed by atoms with Crippen LogP contribution in [0, 0.1) is 0 Å². The third-order valence-corrected chi connectivity index (χ3v) is 3.81. The zero-order valence-corrected chi connectivity index (χ0v) is 16.1. The minimum absolute atomic E-state index is 0.145. The Balaban J connectivity index is 1.68. The number of carbonyl (C=O) groups excluding carboxylic acids is 1. The summed E-state index contributed by atoms with van der Waals surface area (Å²) < 4.78 is 11.4. The molecule has 0 saturated carbocycles. The highest BCUT2D eigenvalue weighted by molar-refractivity contribution is 5.81. The molecule has 2 aromatic carbocycles. The van der Waals surface area contributed by atoms with E-state index in [-0.39, 0.29) is 5.41 Å². The monoisotopic (exact) mass is 369 g/mol. The molecule has 3 N–H and O–H groups in total. The summed E-state index contributed by atoms with van der Waals surface area (Å²) in [6.45, 7) is 7.74. The van der Waals surface area contributed by atoms with Crippen LogP contribution in [-0.4, -0.2) is 25.5 Å². The summed E-state index contributed by atoms with van der Waals surface area (Å²) >= 11 is 0. The van der Waals surface area contributed by atoms with Crippen molar-refractivity contribution in [3.8, 4) is 11.5 Å². The maximum Gasteiger partial charge on any atom is 0.332 e. The Morgan fingerprint density at radius 2 is 1.52 bits per heavy atom. The molecular formula is C21H27N3O3. The van der Waals surface area contributed by atoms with Crippen LogP contribution in [0.3, 0.4) is 0 Å². The van der Waals surface area contributed by atoms with Gasteiger partial charge in [-0.2, -0.15) is 5.10 Å². The number of rotatable bonds is 8. The van der Waals surface area contributed by atoms with Gasteiger partial charge in [-0.3, -0.25) is 0 Å². The molecule has 0 heterocycles. The molecule has 0 spiro atoms. The Bertz CT molecular complexity index is 748. The van der Waals surface area contributed by atoms with Crippen LogP contribution in [0.25, 0.3) is 0 Å². The van der Waals surface area contributed by atoms with Crippen LogP contribution in [0.1, 0.15) is 38.3 Å². The van der Waals surface area contributed by atoms with Crippen LogP contribution in [0.4, 0.5) is 4.79 Å². The van der Waals surface area contributed by atoms with Gasteiger partial charge in [-0.25, -0.2) is 10.2 Å². The molecule has 0 saturated heterocycles. The summed E-state index contributed by atoms with van der Waals surface area (Å²) in [4.78, 5) is 10.5. The number of benzene rings is 2. The Morgan fingerprint density at radius 1 is 1.00 bits per heavy atom. The van der Waals surface area contributed by atoms with Crippen molar-refractivity contribution in [2.45, 2.75) is 32.6 Å². The number of amides is 2. The van der Waals surface area contributed by atoms with Crippen molar-refractivity contribution >= 4 is 12.2 Å². The second kappa shape index (κ2) is 9.62. The second-order valence-corrected chi connectivity index (χ2v) is 7.13. The maximum atomic E-state index is 10.5. The number of hydrogen-bond acceptors (Lipinski definition) is 4. The highest BCUT2D eigenvalue weighted by Crippen LogP contribution is 2.24. The van der Waals surface area contributed by atoms with E-state index in [2.05, 4.69) is 43.4 Å². The molecule has 0 bridgehead atoms. The SMILES string of the molecule is CC(C)(C)c1ccc(OCCCOc2ccc(C=NNC(N)=O)cc2)cc1. The minimum atomic E-state index is -0.696. The molecule has 0 aliphatic carbocycles. The van der Waals surface area contributed by atoms with E-state index in [0.29, 0.717) is 13.2 Å². The summed E-state index contributed by atoms with van der Waals surface area (Å²) in [5, 5.41) is 3.70. The first-order valence-corrected chi connectivity index (χ1v) is 8.89. The largest absolute Gasteiger partial charge is 0.493 e. The van der Waals surface area contributed by atoms with Crippen molar-refractivity contribution in [3.63, 3.8) is 0 Å². The third kappa shape index (κ3) is 7.40. The standard InChI is InChI=1S/C21H27N3O3/c1-21(2,3)17-7-11-19(12-8-17)27-14-4-13-26-18-9-5-16(6-10-18)15-23-24-20(22)25/h5-12,15H,4,13-14H2,1-3H3,(H3,22,24,25). The summed E-state index contributed by atoms with van der Waals surface area (Å²) in [6.07, 6.45) is 2.29. The lowest BCUT2D eigenvalue weighted by Crippen LogP contribution is -2.24. The average molecular weight is 369 g/mol. The van der Waals surface area contributed by atoms with E-state index in [1.165, 1.54) is 11.8 Å². The van der Waals surface area contributed by atoms with E-state index in [0.717, 1.165) is 23.5 Å². The molecule has 2 amide bonds. The molecule has 144 valence electrons. The number of urea groups is 1. The van der Waals surface area contributed by atoms with E-state index >= 15 is 0 Å². The fourth-order valence-corrected chi connectivity index (χ4v) is 2.31. The summed E-state index contributed by atoms with van der Waals surface area (Å²) in [5.74, 6) is 1.64. The highest BCUT2D eigenvalue weighted by atomic mass is 16.5. The molecule has 0 atom stereocenters. The van der Waals surface area contributed by atoms with Crippen LogP contribution in [0.2, 0.25) is 0 Å². The van der Waals surface area contributed by atoms with Crippen LogP contribution in [0.15, 0.2) is 53.6 Å². The molecule has 0 fully saturated rings. The maximum absolute atomic E-state index is 10.5. The number of ether oxygens (including phenoxy) is 2. The van der Waals surface area contributed by atoms with Crippen LogP contribution in [-0.2, 0) is 5.41 Å². The lowest BCUT2D eigenvalue weighted by Gasteiger charge is -2.19. The van der Waals surface area contributed by atoms with Gasteiger partial charge in [0.2, 0.25) is 0 Å². The molecule has 6 nitrogen and oxygen atoms in total. The average Bonchev–Trinajstić information content (AvgIpc) is 2.62. The zero-order valence-electron chi connectivity index (χ0n) is 16.1. The first kappa shape index (κ1) is 20.3. The molecule has 27 heavy (non-hydrogen) atoms. The highest BCUT2D eigenvalue weighted by Gasteiger charge is 2.12. The van der Waals surface area contributed by atoms with Crippen molar-refractivity contribution in [1.29, 1.82) is 0 Å². The van der Waals surface area contributed by atoms with Gasteiger partial charge in [-0.1, -0.05) is 32.9 Å². The Morgan fingerprint density at radius 3 is 2.00 bits per heavy atom. The Kier molecular flexibility index (Phi) is 7.23. The van der Waals surface area contributed by atoms with Gasteiger partial charge in [0.15, 0.2) is 0 Å². The lowest BCUT2D eigenvalue weighted by molar-refractivity contribution is 0.247. The number of nitrogens with zero attached hydrogens (tertiary/aromatic N) is 1. The predicted molar refractivity (Wildman–Crippen MR) is 108 cm³/mol. The quantitative estimate of drug-likeness (QED) is 0.421. The number of nitrogens with one attached hydrogen (secondary N) is 1. The van der Waals surface area contributed by atoms with Crippen LogP contribution >= 0.6 is 0 Å². The van der Waals surface area contributed by atoms with Crippen molar-refractivity contribution < 1.29 is 14.3 Å². The van der Waals surface area contributed by atoms with Crippen LogP contribution in [0.5, 0.6) is 11.5 Å².